The van der Waals surface area contributed by atoms with Crippen LogP contribution in [0.2, 0.25) is 0 Å². The summed E-state index contributed by atoms with van der Waals surface area (Å²) in [7, 11) is 3.60. The number of pyridine rings is 1. The number of amides is 2. The van der Waals surface area contributed by atoms with Crippen LogP contribution in [0.25, 0.3) is 11.3 Å². The number of rotatable bonds is 9. The quantitative estimate of drug-likeness (QED) is 0.365. The molecule has 38 heavy (non-hydrogen) atoms. The van der Waals surface area contributed by atoms with Gasteiger partial charge in [0.2, 0.25) is 17.8 Å². The van der Waals surface area contributed by atoms with Gasteiger partial charge in [-0.1, -0.05) is 13.0 Å². The van der Waals surface area contributed by atoms with E-state index in [1.807, 2.05) is 50.4 Å². The SMILES string of the molecule is C=C(CN(C)C1CCCC(C(=O)Nc2ccc(Nc3nccc(-c4cccnc4)n3)c(C)c2)C1)C(=O)NC. The Labute approximate surface area is 223 Å². The Morgan fingerprint density at radius 2 is 2.00 bits per heavy atom. The molecule has 2 aromatic heterocycles. The Hall–Kier alpha value is -4.11. The van der Waals surface area contributed by atoms with Crippen molar-refractivity contribution in [2.75, 3.05) is 31.3 Å². The predicted octanol–water partition coefficient (Wildman–Crippen LogP) is 4.32. The molecule has 0 radical (unpaired) electrons. The third-order valence-corrected chi connectivity index (χ3v) is 6.98. The summed E-state index contributed by atoms with van der Waals surface area (Å²) < 4.78 is 0. The molecule has 2 atom stereocenters. The number of aromatic nitrogens is 3. The van der Waals surface area contributed by atoms with Gasteiger partial charge >= 0.3 is 0 Å². The third-order valence-electron chi connectivity index (χ3n) is 6.98. The average Bonchev–Trinajstić information content (AvgIpc) is 2.94. The molecule has 0 aliphatic heterocycles. The summed E-state index contributed by atoms with van der Waals surface area (Å²) in [5.41, 5.74) is 4.81. The molecule has 2 unspecified atom stereocenters. The fourth-order valence-corrected chi connectivity index (χ4v) is 4.82. The van der Waals surface area contributed by atoms with Crippen molar-refractivity contribution >= 4 is 29.1 Å². The number of carbonyl (C=O) groups excluding carboxylic acids is 2. The molecular formula is C29H35N7O2. The van der Waals surface area contributed by atoms with Crippen LogP contribution in [0.1, 0.15) is 31.2 Å². The van der Waals surface area contributed by atoms with Crippen LogP contribution in [0.15, 0.2) is 67.1 Å². The maximum absolute atomic E-state index is 13.1. The molecule has 1 saturated carbocycles. The lowest BCUT2D eigenvalue weighted by Crippen LogP contribution is -2.41. The van der Waals surface area contributed by atoms with Gasteiger partial charge in [0.25, 0.3) is 0 Å². The molecule has 0 bridgehead atoms. The van der Waals surface area contributed by atoms with Gasteiger partial charge in [-0.05, 0) is 75.2 Å². The predicted molar refractivity (Wildman–Crippen MR) is 150 cm³/mol. The van der Waals surface area contributed by atoms with Crippen LogP contribution in [0.3, 0.4) is 0 Å². The summed E-state index contributed by atoms with van der Waals surface area (Å²) >= 11 is 0. The van der Waals surface area contributed by atoms with Crippen LogP contribution in [0.5, 0.6) is 0 Å². The second-order valence-electron chi connectivity index (χ2n) is 9.77. The molecule has 1 aromatic carbocycles. The Morgan fingerprint density at radius 3 is 2.74 bits per heavy atom. The molecule has 198 valence electrons. The molecule has 3 aromatic rings. The van der Waals surface area contributed by atoms with E-state index in [4.69, 9.17) is 0 Å². The van der Waals surface area contributed by atoms with Crippen molar-refractivity contribution in [3.8, 4) is 11.3 Å². The van der Waals surface area contributed by atoms with Gasteiger partial charge < -0.3 is 16.0 Å². The van der Waals surface area contributed by atoms with E-state index in [1.54, 1.807) is 25.6 Å². The fourth-order valence-electron chi connectivity index (χ4n) is 4.82. The molecule has 4 rings (SSSR count). The van der Waals surface area contributed by atoms with Gasteiger partial charge in [-0.3, -0.25) is 19.5 Å². The average molecular weight is 514 g/mol. The molecule has 2 amide bonds. The number of carbonyl (C=O) groups is 2. The smallest absolute Gasteiger partial charge is 0.247 e. The second kappa shape index (κ2) is 12.4. The van der Waals surface area contributed by atoms with Crippen molar-refractivity contribution in [3.63, 3.8) is 0 Å². The Kier molecular flexibility index (Phi) is 8.81. The highest BCUT2D eigenvalue weighted by atomic mass is 16.2. The van der Waals surface area contributed by atoms with E-state index in [0.717, 1.165) is 53.9 Å². The van der Waals surface area contributed by atoms with E-state index in [2.05, 4.69) is 42.4 Å². The molecule has 9 heteroatoms. The number of nitrogens with one attached hydrogen (secondary N) is 3. The van der Waals surface area contributed by atoms with Crippen molar-refractivity contribution in [3.05, 3.63) is 72.7 Å². The number of aryl methyl sites for hydroxylation is 1. The summed E-state index contributed by atoms with van der Waals surface area (Å²) in [5.74, 6) is 0.290. The van der Waals surface area contributed by atoms with Crippen LogP contribution in [0, 0.1) is 12.8 Å². The van der Waals surface area contributed by atoms with E-state index < -0.39 is 0 Å². The number of nitrogens with zero attached hydrogens (tertiary/aromatic N) is 4. The molecule has 1 aliphatic rings. The van der Waals surface area contributed by atoms with Gasteiger partial charge in [0.05, 0.1) is 5.69 Å². The molecule has 0 spiro atoms. The van der Waals surface area contributed by atoms with E-state index >= 15 is 0 Å². The molecule has 1 fully saturated rings. The summed E-state index contributed by atoms with van der Waals surface area (Å²) in [4.78, 5) is 40.2. The number of anilines is 3. The zero-order valence-corrected chi connectivity index (χ0v) is 22.2. The maximum Gasteiger partial charge on any atom is 0.247 e. The lowest BCUT2D eigenvalue weighted by molar-refractivity contribution is -0.121. The van der Waals surface area contributed by atoms with Gasteiger partial charge in [-0.2, -0.15) is 0 Å². The first-order valence-electron chi connectivity index (χ1n) is 12.9. The first-order chi connectivity index (χ1) is 18.3. The monoisotopic (exact) mass is 513 g/mol. The van der Waals surface area contributed by atoms with E-state index in [9.17, 15) is 9.59 Å². The highest BCUT2D eigenvalue weighted by Gasteiger charge is 2.30. The van der Waals surface area contributed by atoms with E-state index in [-0.39, 0.29) is 23.8 Å². The minimum atomic E-state index is -0.150. The van der Waals surface area contributed by atoms with Gasteiger partial charge in [-0.25, -0.2) is 9.97 Å². The first-order valence-corrected chi connectivity index (χ1v) is 12.9. The Morgan fingerprint density at radius 1 is 1.16 bits per heavy atom. The molecule has 9 nitrogen and oxygen atoms in total. The van der Waals surface area contributed by atoms with Crippen molar-refractivity contribution in [2.24, 2.45) is 5.92 Å². The van der Waals surface area contributed by atoms with Crippen molar-refractivity contribution < 1.29 is 9.59 Å². The fraction of sp³-hybridized carbons (Fsp3) is 0.345. The van der Waals surface area contributed by atoms with E-state index in [0.29, 0.717) is 18.1 Å². The second-order valence-corrected chi connectivity index (χ2v) is 9.77. The normalized spacial score (nSPS) is 17.1. The van der Waals surface area contributed by atoms with E-state index in [1.165, 1.54) is 0 Å². The molecule has 3 N–H and O–H groups in total. The Balaban J connectivity index is 1.36. The van der Waals surface area contributed by atoms with Crippen LogP contribution in [-0.2, 0) is 9.59 Å². The van der Waals surface area contributed by atoms with Crippen molar-refractivity contribution in [1.29, 1.82) is 0 Å². The standard InChI is InChI=1S/C29H35N7O2/c1-19-15-23(10-11-25(19)34-29-32-14-12-26(35-29)22-8-6-13-31-17-22)33-28(38)21-7-5-9-24(16-21)36(4)18-20(2)27(37)30-3/h6,8,10-15,17,21,24H,2,5,7,9,16,18H2,1,3-4H3,(H,30,37)(H,33,38)(H,32,34,35). The van der Waals surface area contributed by atoms with Crippen LogP contribution in [-0.4, -0.2) is 58.3 Å². The van der Waals surface area contributed by atoms with Gasteiger partial charge in [0.1, 0.15) is 0 Å². The summed E-state index contributed by atoms with van der Waals surface area (Å²) in [6.07, 6.45) is 8.80. The molecule has 2 heterocycles. The number of hydrogen-bond donors (Lipinski definition) is 3. The van der Waals surface area contributed by atoms with Gasteiger partial charge in [0, 0.05) is 66.7 Å². The largest absolute Gasteiger partial charge is 0.355 e. The van der Waals surface area contributed by atoms with Crippen LogP contribution >= 0.6 is 0 Å². The number of hydrogen-bond acceptors (Lipinski definition) is 7. The highest BCUT2D eigenvalue weighted by Crippen LogP contribution is 2.30. The van der Waals surface area contributed by atoms with Gasteiger partial charge in [0.15, 0.2) is 0 Å². The van der Waals surface area contributed by atoms with Crippen LogP contribution in [0.4, 0.5) is 17.3 Å². The number of benzene rings is 1. The molecule has 0 saturated heterocycles. The Bertz CT molecular complexity index is 1300. The third kappa shape index (κ3) is 6.80. The zero-order chi connectivity index (χ0) is 27.1. The molecule has 1 aliphatic carbocycles. The maximum atomic E-state index is 13.1. The van der Waals surface area contributed by atoms with Crippen molar-refractivity contribution in [2.45, 2.75) is 38.6 Å². The minimum Gasteiger partial charge on any atom is -0.355 e. The topological polar surface area (TPSA) is 112 Å². The summed E-state index contributed by atoms with van der Waals surface area (Å²) in [6.45, 7) is 6.35. The summed E-state index contributed by atoms with van der Waals surface area (Å²) in [6, 6.07) is 11.7. The highest BCUT2D eigenvalue weighted by molar-refractivity contribution is 5.93. The van der Waals surface area contributed by atoms with Crippen LogP contribution < -0.4 is 16.0 Å². The van der Waals surface area contributed by atoms with Crippen molar-refractivity contribution in [1.82, 2.24) is 25.2 Å². The minimum absolute atomic E-state index is 0.0286. The lowest BCUT2D eigenvalue weighted by atomic mass is 9.84. The molecular weight excluding hydrogens is 478 g/mol. The lowest BCUT2D eigenvalue weighted by Gasteiger charge is -2.35. The summed E-state index contributed by atoms with van der Waals surface area (Å²) in [5, 5.41) is 8.99. The first kappa shape index (κ1) is 26.9. The number of likely N-dealkylation sites (N-methyl/N-ethyl adjacent to an activating group) is 2. The van der Waals surface area contributed by atoms with Gasteiger partial charge in [-0.15, -0.1) is 0 Å². The zero-order valence-electron chi connectivity index (χ0n) is 22.2.